The molecular weight excluding hydrogens is 444 g/mol. The number of carbonyl (C=O) groups excluding carboxylic acids is 2. The van der Waals surface area contributed by atoms with Crippen LogP contribution in [0.25, 0.3) is 11.1 Å². The lowest BCUT2D eigenvalue weighted by atomic mass is 9.81. The van der Waals surface area contributed by atoms with Crippen LogP contribution < -0.4 is 5.32 Å². The van der Waals surface area contributed by atoms with Gasteiger partial charge >= 0.3 is 12.1 Å². The molecule has 0 radical (unpaired) electrons. The number of amides is 2. The number of hydrogen-bond acceptors (Lipinski definition) is 4. The van der Waals surface area contributed by atoms with Crippen LogP contribution in [0, 0.1) is 12.3 Å². The van der Waals surface area contributed by atoms with Gasteiger partial charge in [0.05, 0.1) is 0 Å². The van der Waals surface area contributed by atoms with Gasteiger partial charge in [0.2, 0.25) is 0 Å². The molecule has 0 spiro atoms. The third-order valence-electron chi connectivity index (χ3n) is 7.03. The summed E-state index contributed by atoms with van der Waals surface area (Å²) in [6.45, 7) is 3.89. The van der Waals surface area contributed by atoms with Crippen LogP contribution in [0.2, 0.25) is 0 Å². The van der Waals surface area contributed by atoms with E-state index in [1.165, 1.54) is 4.90 Å². The van der Waals surface area contributed by atoms with Crippen LogP contribution in [0.4, 0.5) is 10.5 Å². The molecule has 5 rings (SSSR count). The first-order valence-corrected chi connectivity index (χ1v) is 11.5. The molecule has 3 aromatic rings. The predicted molar refractivity (Wildman–Crippen MR) is 132 cm³/mol. The van der Waals surface area contributed by atoms with Gasteiger partial charge in [0.25, 0.3) is 5.91 Å². The number of rotatable bonds is 5. The monoisotopic (exact) mass is 470 g/mol. The maximum atomic E-state index is 12.9. The van der Waals surface area contributed by atoms with Crippen molar-refractivity contribution in [3.05, 3.63) is 89.0 Å². The molecule has 1 saturated heterocycles. The molecule has 0 bridgehead atoms. The van der Waals surface area contributed by atoms with E-state index in [0.717, 1.165) is 22.3 Å². The summed E-state index contributed by atoms with van der Waals surface area (Å²) < 4.78 is 5.62. The van der Waals surface area contributed by atoms with Gasteiger partial charge in [0, 0.05) is 30.3 Å². The Morgan fingerprint density at radius 2 is 1.57 bits per heavy atom. The molecule has 0 atom stereocenters. The zero-order chi connectivity index (χ0) is 24.7. The zero-order valence-corrected chi connectivity index (χ0v) is 19.6. The van der Waals surface area contributed by atoms with Crippen LogP contribution >= 0.6 is 0 Å². The van der Waals surface area contributed by atoms with Gasteiger partial charge in [0.1, 0.15) is 12.0 Å². The van der Waals surface area contributed by atoms with E-state index in [-0.39, 0.29) is 31.5 Å². The Hall–Kier alpha value is -4.13. The Balaban J connectivity index is 1.26. The standard InChI is InChI=1S/C28H26N2O5/c1-17-18(25(31)30-15-28(2,16-30)26(32)33)12-7-13-24(17)29-27(34)35-14-23-21-10-5-3-8-19(21)20-9-4-6-11-22(20)23/h3-13,23H,14-16H2,1-2H3,(H,29,34)(H,32,33). The summed E-state index contributed by atoms with van der Waals surface area (Å²) in [5.41, 5.74) is 5.17. The Labute approximate surface area is 203 Å². The van der Waals surface area contributed by atoms with Gasteiger partial charge in [-0.3, -0.25) is 14.9 Å². The number of fused-ring (bicyclic) bond motifs is 3. The molecule has 0 saturated carbocycles. The Kier molecular flexibility index (Phi) is 5.55. The highest BCUT2D eigenvalue weighted by atomic mass is 16.5. The second-order valence-electron chi connectivity index (χ2n) is 9.46. The molecule has 2 aliphatic rings. The molecule has 0 aromatic heterocycles. The highest BCUT2D eigenvalue weighted by Gasteiger charge is 2.47. The maximum Gasteiger partial charge on any atom is 0.411 e. The smallest absolute Gasteiger partial charge is 0.411 e. The van der Waals surface area contributed by atoms with Gasteiger partial charge in [-0.2, -0.15) is 0 Å². The third kappa shape index (κ3) is 3.93. The summed E-state index contributed by atoms with van der Waals surface area (Å²) in [7, 11) is 0. The molecule has 1 fully saturated rings. The minimum Gasteiger partial charge on any atom is -0.481 e. The molecule has 7 nitrogen and oxygen atoms in total. The van der Waals surface area contributed by atoms with E-state index in [9.17, 15) is 19.5 Å². The highest BCUT2D eigenvalue weighted by Crippen LogP contribution is 2.44. The van der Waals surface area contributed by atoms with Crippen molar-refractivity contribution in [3.63, 3.8) is 0 Å². The zero-order valence-electron chi connectivity index (χ0n) is 19.6. The summed E-state index contributed by atoms with van der Waals surface area (Å²) in [5, 5.41) is 12.1. The second-order valence-corrected chi connectivity index (χ2v) is 9.46. The summed E-state index contributed by atoms with van der Waals surface area (Å²) in [6.07, 6.45) is -0.595. The van der Waals surface area contributed by atoms with E-state index in [2.05, 4.69) is 29.6 Å². The lowest BCUT2D eigenvalue weighted by molar-refractivity contribution is -0.155. The number of ether oxygens (including phenoxy) is 1. The van der Waals surface area contributed by atoms with Crippen LogP contribution in [0.5, 0.6) is 0 Å². The van der Waals surface area contributed by atoms with Gasteiger partial charge in [-0.25, -0.2) is 4.79 Å². The molecule has 1 aliphatic heterocycles. The molecule has 3 aromatic carbocycles. The second kappa shape index (κ2) is 8.58. The number of carboxylic acids is 1. The lowest BCUT2D eigenvalue weighted by Gasteiger charge is -2.45. The quantitative estimate of drug-likeness (QED) is 0.553. The van der Waals surface area contributed by atoms with E-state index < -0.39 is 17.5 Å². The number of benzene rings is 3. The van der Waals surface area contributed by atoms with E-state index in [0.29, 0.717) is 16.8 Å². The predicted octanol–water partition coefficient (Wildman–Crippen LogP) is 4.90. The summed E-state index contributed by atoms with van der Waals surface area (Å²) in [6, 6.07) is 21.3. The summed E-state index contributed by atoms with van der Waals surface area (Å²) in [4.78, 5) is 38.5. The number of carboxylic acid groups (broad SMARTS) is 1. The fourth-order valence-corrected chi connectivity index (χ4v) is 4.99. The molecule has 1 heterocycles. The summed E-state index contributed by atoms with van der Waals surface area (Å²) >= 11 is 0. The number of anilines is 1. The van der Waals surface area contributed by atoms with Crippen molar-refractivity contribution >= 4 is 23.7 Å². The number of nitrogens with one attached hydrogen (secondary N) is 1. The van der Waals surface area contributed by atoms with Gasteiger partial charge in [-0.1, -0.05) is 54.6 Å². The Morgan fingerprint density at radius 1 is 0.971 bits per heavy atom. The fraction of sp³-hybridized carbons (Fsp3) is 0.250. The van der Waals surface area contributed by atoms with Gasteiger partial charge in [-0.15, -0.1) is 0 Å². The first-order chi connectivity index (χ1) is 16.8. The van der Waals surface area contributed by atoms with Crippen LogP contribution in [0.1, 0.15) is 39.9 Å². The molecule has 35 heavy (non-hydrogen) atoms. The highest BCUT2D eigenvalue weighted by molar-refractivity contribution is 5.99. The molecule has 7 heteroatoms. The SMILES string of the molecule is Cc1c(NC(=O)OCC2c3ccccc3-c3ccccc32)cccc1C(=O)N1CC(C)(C(=O)O)C1. The van der Waals surface area contributed by atoms with E-state index in [1.807, 2.05) is 24.3 Å². The summed E-state index contributed by atoms with van der Waals surface area (Å²) in [5.74, 6) is -1.21. The van der Waals surface area contributed by atoms with Crippen LogP contribution in [0.3, 0.4) is 0 Å². The number of nitrogens with zero attached hydrogens (tertiary/aromatic N) is 1. The Bertz CT molecular complexity index is 1300. The molecule has 0 unspecified atom stereocenters. The molecule has 1 aliphatic carbocycles. The average molecular weight is 471 g/mol. The van der Waals surface area contributed by atoms with Crippen molar-refractivity contribution in [3.8, 4) is 11.1 Å². The van der Waals surface area contributed by atoms with Crippen molar-refractivity contribution in [1.82, 2.24) is 4.90 Å². The van der Waals surface area contributed by atoms with Crippen molar-refractivity contribution < 1.29 is 24.2 Å². The average Bonchev–Trinajstić information content (AvgIpc) is 3.15. The van der Waals surface area contributed by atoms with Crippen molar-refractivity contribution in [2.75, 3.05) is 25.0 Å². The largest absolute Gasteiger partial charge is 0.481 e. The molecular formula is C28H26N2O5. The first kappa shape index (κ1) is 22.7. The topological polar surface area (TPSA) is 95.9 Å². The molecule has 2 N–H and O–H groups in total. The number of likely N-dealkylation sites (tertiary alicyclic amines) is 1. The number of hydrogen-bond donors (Lipinski definition) is 2. The van der Waals surface area contributed by atoms with Crippen LogP contribution in [0.15, 0.2) is 66.7 Å². The maximum absolute atomic E-state index is 12.9. The minimum atomic E-state index is -0.916. The van der Waals surface area contributed by atoms with E-state index >= 15 is 0 Å². The van der Waals surface area contributed by atoms with Gasteiger partial charge in [-0.05, 0) is 53.8 Å². The van der Waals surface area contributed by atoms with Crippen LogP contribution in [-0.4, -0.2) is 47.7 Å². The minimum absolute atomic E-state index is 0.0443. The van der Waals surface area contributed by atoms with Gasteiger partial charge < -0.3 is 14.7 Å². The van der Waals surface area contributed by atoms with Crippen LogP contribution in [-0.2, 0) is 9.53 Å². The lowest BCUT2D eigenvalue weighted by Crippen LogP contribution is -2.60. The van der Waals surface area contributed by atoms with Crippen molar-refractivity contribution in [1.29, 1.82) is 0 Å². The first-order valence-electron chi connectivity index (χ1n) is 11.5. The van der Waals surface area contributed by atoms with E-state index in [4.69, 9.17) is 4.74 Å². The normalized spacial score (nSPS) is 15.5. The fourth-order valence-electron chi connectivity index (χ4n) is 4.99. The molecule has 178 valence electrons. The molecule has 2 amide bonds. The van der Waals surface area contributed by atoms with Crippen molar-refractivity contribution in [2.45, 2.75) is 19.8 Å². The van der Waals surface area contributed by atoms with E-state index in [1.54, 1.807) is 32.0 Å². The number of aliphatic carboxylic acids is 1. The van der Waals surface area contributed by atoms with Gasteiger partial charge in [0.15, 0.2) is 0 Å². The Morgan fingerprint density at radius 3 is 2.17 bits per heavy atom. The number of carbonyl (C=O) groups is 3. The third-order valence-corrected chi connectivity index (χ3v) is 7.03. The van der Waals surface area contributed by atoms with Crippen molar-refractivity contribution in [2.24, 2.45) is 5.41 Å².